The average Bonchev–Trinajstić information content (AvgIpc) is 2.78. The number of ether oxygens (including phenoxy) is 1. The molecule has 2 aromatic rings. The van der Waals surface area contributed by atoms with Gasteiger partial charge in [0.2, 0.25) is 0 Å². The number of anilines is 1. The number of hydrogen-bond donors (Lipinski definition) is 0. The highest BCUT2D eigenvalue weighted by Gasteiger charge is 2.19. The van der Waals surface area contributed by atoms with Crippen molar-refractivity contribution in [1.82, 2.24) is 9.38 Å². The minimum Gasteiger partial charge on any atom is -0.378 e. The first-order valence-electron chi connectivity index (χ1n) is 5.75. The van der Waals surface area contributed by atoms with Crippen molar-refractivity contribution >= 4 is 23.1 Å². The van der Waals surface area contributed by atoms with E-state index >= 15 is 0 Å². The van der Waals surface area contributed by atoms with E-state index in [1.165, 1.54) is 0 Å². The molecule has 0 spiro atoms. The molecule has 0 bridgehead atoms. The number of halogens is 1. The third-order valence-electron chi connectivity index (χ3n) is 3.04. The van der Waals surface area contributed by atoms with E-state index in [4.69, 9.17) is 16.3 Å². The Morgan fingerprint density at radius 3 is 2.88 bits per heavy atom. The van der Waals surface area contributed by atoms with E-state index in [0.29, 0.717) is 5.88 Å². The zero-order valence-electron chi connectivity index (χ0n) is 9.47. The van der Waals surface area contributed by atoms with Crippen molar-refractivity contribution in [3.8, 4) is 0 Å². The number of pyridine rings is 1. The van der Waals surface area contributed by atoms with Crippen molar-refractivity contribution in [2.75, 3.05) is 31.2 Å². The third kappa shape index (κ3) is 1.87. The number of fused-ring (bicyclic) bond motifs is 1. The third-order valence-corrected chi connectivity index (χ3v) is 3.30. The Bertz CT molecular complexity index is 519. The normalized spacial score (nSPS) is 16.6. The Morgan fingerprint density at radius 2 is 2.12 bits per heavy atom. The number of hydrogen-bond acceptors (Lipinski definition) is 3. The molecule has 1 saturated heterocycles. The Kier molecular flexibility index (Phi) is 2.91. The predicted molar refractivity (Wildman–Crippen MR) is 67.8 cm³/mol. The van der Waals surface area contributed by atoms with Crippen LogP contribution >= 0.6 is 11.6 Å². The van der Waals surface area contributed by atoms with Gasteiger partial charge in [0.15, 0.2) is 5.82 Å². The van der Waals surface area contributed by atoms with Crippen LogP contribution in [0.4, 0.5) is 5.82 Å². The molecule has 0 atom stereocenters. The summed E-state index contributed by atoms with van der Waals surface area (Å²) in [6.45, 7) is 3.28. The van der Waals surface area contributed by atoms with Crippen LogP contribution in [0.1, 0.15) is 5.69 Å². The van der Waals surface area contributed by atoms with E-state index in [0.717, 1.165) is 43.5 Å². The summed E-state index contributed by atoms with van der Waals surface area (Å²) < 4.78 is 7.41. The fourth-order valence-electron chi connectivity index (χ4n) is 2.19. The summed E-state index contributed by atoms with van der Waals surface area (Å²) in [5.74, 6) is 1.47. The zero-order chi connectivity index (χ0) is 11.7. The molecule has 0 aromatic carbocycles. The van der Waals surface area contributed by atoms with Gasteiger partial charge in [-0.15, -0.1) is 11.6 Å². The van der Waals surface area contributed by atoms with Gasteiger partial charge in [0.1, 0.15) is 5.65 Å². The number of rotatable bonds is 2. The highest BCUT2D eigenvalue weighted by atomic mass is 35.5. The predicted octanol–water partition coefficient (Wildman–Crippen LogP) is 1.91. The molecule has 1 aliphatic heterocycles. The molecule has 0 amide bonds. The minimum atomic E-state index is 0.470. The largest absolute Gasteiger partial charge is 0.378 e. The molecule has 0 unspecified atom stereocenters. The number of aromatic nitrogens is 2. The summed E-state index contributed by atoms with van der Waals surface area (Å²) in [6, 6.07) is 5.98. The van der Waals surface area contributed by atoms with E-state index < -0.39 is 0 Å². The van der Waals surface area contributed by atoms with Gasteiger partial charge in [0.25, 0.3) is 0 Å². The van der Waals surface area contributed by atoms with E-state index in [-0.39, 0.29) is 0 Å². The lowest BCUT2D eigenvalue weighted by molar-refractivity contribution is 0.122. The molecule has 4 nitrogen and oxygen atoms in total. The molecule has 0 aliphatic carbocycles. The molecule has 0 N–H and O–H groups in total. The summed E-state index contributed by atoms with van der Waals surface area (Å²) in [5, 5.41) is 0. The van der Waals surface area contributed by atoms with Crippen molar-refractivity contribution < 1.29 is 4.74 Å². The van der Waals surface area contributed by atoms with Crippen molar-refractivity contribution in [3.05, 3.63) is 30.1 Å². The fraction of sp³-hybridized carbons (Fsp3) is 0.417. The Labute approximate surface area is 105 Å². The van der Waals surface area contributed by atoms with Gasteiger partial charge >= 0.3 is 0 Å². The first-order valence-corrected chi connectivity index (χ1v) is 6.28. The number of nitrogens with zero attached hydrogens (tertiary/aromatic N) is 3. The average molecular weight is 252 g/mol. The summed E-state index contributed by atoms with van der Waals surface area (Å²) in [5.41, 5.74) is 2.01. The molecular formula is C12H14ClN3O. The Balaban J connectivity index is 2.08. The van der Waals surface area contributed by atoms with Crippen LogP contribution in [0.3, 0.4) is 0 Å². The molecule has 3 heterocycles. The van der Waals surface area contributed by atoms with Gasteiger partial charge in [-0.05, 0) is 12.1 Å². The van der Waals surface area contributed by atoms with Crippen LogP contribution in [0.2, 0.25) is 0 Å². The molecule has 90 valence electrons. The molecule has 2 aromatic heterocycles. The highest BCUT2D eigenvalue weighted by molar-refractivity contribution is 6.17. The van der Waals surface area contributed by atoms with Crippen LogP contribution < -0.4 is 4.90 Å². The Hall–Kier alpha value is -1.26. The number of imidazole rings is 1. The minimum absolute atomic E-state index is 0.470. The number of alkyl halides is 1. The standard InChI is InChI=1S/C12H14ClN3O/c13-9-10-12(15-5-7-17-8-6-15)14-11-3-1-2-4-16(10)11/h1-4H,5-9H2. The van der Waals surface area contributed by atoms with Crippen molar-refractivity contribution in [1.29, 1.82) is 0 Å². The van der Waals surface area contributed by atoms with Gasteiger partial charge in [-0.25, -0.2) is 4.98 Å². The molecular weight excluding hydrogens is 238 g/mol. The van der Waals surface area contributed by atoms with Gasteiger partial charge < -0.3 is 14.0 Å². The van der Waals surface area contributed by atoms with Crippen molar-refractivity contribution in [2.45, 2.75) is 5.88 Å². The van der Waals surface area contributed by atoms with Crippen LogP contribution in [0.15, 0.2) is 24.4 Å². The van der Waals surface area contributed by atoms with E-state index in [2.05, 4.69) is 14.3 Å². The SMILES string of the molecule is ClCc1c(N2CCOCC2)nc2ccccn12. The molecule has 5 heteroatoms. The van der Waals surface area contributed by atoms with Crippen LogP contribution in [0, 0.1) is 0 Å². The lowest BCUT2D eigenvalue weighted by Gasteiger charge is -2.27. The maximum absolute atomic E-state index is 6.05. The monoisotopic (exact) mass is 251 g/mol. The lowest BCUT2D eigenvalue weighted by Crippen LogP contribution is -2.37. The maximum atomic E-state index is 6.05. The quantitative estimate of drug-likeness (QED) is 0.764. The molecule has 0 radical (unpaired) electrons. The highest BCUT2D eigenvalue weighted by Crippen LogP contribution is 2.23. The van der Waals surface area contributed by atoms with Crippen LogP contribution in [-0.2, 0) is 10.6 Å². The Morgan fingerprint density at radius 1 is 1.29 bits per heavy atom. The summed E-state index contributed by atoms with van der Waals surface area (Å²) >= 11 is 6.05. The van der Waals surface area contributed by atoms with Gasteiger partial charge in [-0.2, -0.15) is 0 Å². The smallest absolute Gasteiger partial charge is 0.152 e. The van der Waals surface area contributed by atoms with Crippen LogP contribution in [0.25, 0.3) is 5.65 Å². The van der Waals surface area contributed by atoms with Crippen LogP contribution in [0.5, 0.6) is 0 Å². The van der Waals surface area contributed by atoms with Gasteiger partial charge in [0.05, 0.1) is 24.8 Å². The van der Waals surface area contributed by atoms with Gasteiger partial charge in [-0.3, -0.25) is 0 Å². The van der Waals surface area contributed by atoms with E-state index in [9.17, 15) is 0 Å². The second kappa shape index (κ2) is 4.55. The molecule has 17 heavy (non-hydrogen) atoms. The maximum Gasteiger partial charge on any atom is 0.152 e. The first kappa shape index (κ1) is 10.9. The molecule has 3 rings (SSSR count). The van der Waals surface area contributed by atoms with Gasteiger partial charge in [0, 0.05) is 19.3 Å². The first-order chi connectivity index (χ1) is 8.40. The zero-order valence-corrected chi connectivity index (χ0v) is 10.2. The molecule has 1 fully saturated rings. The van der Waals surface area contributed by atoms with Crippen molar-refractivity contribution in [2.24, 2.45) is 0 Å². The molecule has 1 aliphatic rings. The van der Waals surface area contributed by atoms with E-state index in [1.54, 1.807) is 0 Å². The summed E-state index contributed by atoms with van der Waals surface area (Å²) in [7, 11) is 0. The second-order valence-corrected chi connectivity index (χ2v) is 4.31. The molecule has 0 saturated carbocycles. The number of morpholine rings is 1. The lowest BCUT2D eigenvalue weighted by atomic mass is 10.3. The van der Waals surface area contributed by atoms with Crippen molar-refractivity contribution in [3.63, 3.8) is 0 Å². The second-order valence-electron chi connectivity index (χ2n) is 4.04. The van der Waals surface area contributed by atoms with E-state index in [1.807, 2.05) is 24.4 Å². The summed E-state index contributed by atoms with van der Waals surface area (Å²) in [6.07, 6.45) is 2.00. The topological polar surface area (TPSA) is 29.8 Å². The van der Waals surface area contributed by atoms with Gasteiger partial charge in [-0.1, -0.05) is 6.07 Å². The fourth-order valence-corrected chi connectivity index (χ4v) is 2.44. The van der Waals surface area contributed by atoms with Crippen LogP contribution in [-0.4, -0.2) is 35.7 Å². The summed E-state index contributed by atoms with van der Waals surface area (Å²) in [4.78, 5) is 6.90.